The SMILES string of the molecule is c1ccc(C2(CNCCN3CCCC3)CC2)cc1. The summed E-state index contributed by atoms with van der Waals surface area (Å²) < 4.78 is 0. The molecule has 2 nitrogen and oxygen atoms in total. The van der Waals surface area contributed by atoms with Gasteiger partial charge in [-0.1, -0.05) is 30.3 Å². The minimum absolute atomic E-state index is 0.465. The van der Waals surface area contributed by atoms with E-state index in [1.807, 2.05) is 0 Å². The Bertz CT molecular complexity index is 364. The van der Waals surface area contributed by atoms with E-state index in [-0.39, 0.29) is 0 Å². The minimum Gasteiger partial charge on any atom is -0.315 e. The topological polar surface area (TPSA) is 15.3 Å². The molecule has 0 spiro atoms. The van der Waals surface area contributed by atoms with Crippen LogP contribution in [0.2, 0.25) is 0 Å². The van der Waals surface area contributed by atoms with E-state index in [2.05, 4.69) is 40.5 Å². The van der Waals surface area contributed by atoms with Crippen molar-refractivity contribution in [1.82, 2.24) is 10.2 Å². The molecule has 0 atom stereocenters. The van der Waals surface area contributed by atoms with E-state index < -0.39 is 0 Å². The third-order valence-electron chi connectivity index (χ3n) is 4.51. The molecule has 98 valence electrons. The van der Waals surface area contributed by atoms with Crippen LogP contribution in [-0.4, -0.2) is 37.6 Å². The molecule has 2 fully saturated rings. The maximum absolute atomic E-state index is 3.67. The van der Waals surface area contributed by atoms with E-state index in [0.717, 1.165) is 13.1 Å². The van der Waals surface area contributed by atoms with Gasteiger partial charge >= 0.3 is 0 Å². The molecule has 0 unspecified atom stereocenters. The number of benzene rings is 1. The molecule has 1 aromatic carbocycles. The summed E-state index contributed by atoms with van der Waals surface area (Å²) in [7, 11) is 0. The van der Waals surface area contributed by atoms with Crippen LogP contribution >= 0.6 is 0 Å². The largest absolute Gasteiger partial charge is 0.315 e. The van der Waals surface area contributed by atoms with Crippen molar-refractivity contribution in [1.29, 1.82) is 0 Å². The lowest BCUT2D eigenvalue weighted by Crippen LogP contribution is -2.34. The minimum atomic E-state index is 0.465. The number of nitrogens with one attached hydrogen (secondary N) is 1. The number of rotatable bonds is 6. The third kappa shape index (κ3) is 2.76. The summed E-state index contributed by atoms with van der Waals surface area (Å²) in [5.74, 6) is 0. The average molecular weight is 244 g/mol. The Morgan fingerprint density at radius 1 is 1.06 bits per heavy atom. The van der Waals surface area contributed by atoms with Gasteiger partial charge in [-0.2, -0.15) is 0 Å². The Labute approximate surface area is 110 Å². The Hall–Kier alpha value is -0.860. The highest BCUT2D eigenvalue weighted by molar-refractivity contribution is 5.31. The molecule has 18 heavy (non-hydrogen) atoms. The van der Waals surface area contributed by atoms with Crippen LogP contribution in [0, 0.1) is 0 Å². The molecule has 0 radical (unpaired) electrons. The van der Waals surface area contributed by atoms with E-state index in [4.69, 9.17) is 0 Å². The first-order valence-corrected chi connectivity index (χ1v) is 7.38. The lowest BCUT2D eigenvalue weighted by molar-refractivity contribution is 0.333. The second-order valence-corrected chi connectivity index (χ2v) is 5.87. The number of nitrogens with zero attached hydrogens (tertiary/aromatic N) is 1. The van der Waals surface area contributed by atoms with E-state index >= 15 is 0 Å². The first kappa shape index (κ1) is 12.2. The zero-order chi connectivity index (χ0) is 12.3. The third-order valence-corrected chi connectivity index (χ3v) is 4.51. The molecular weight excluding hydrogens is 220 g/mol. The van der Waals surface area contributed by atoms with Crippen molar-refractivity contribution in [3.05, 3.63) is 35.9 Å². The van der Waals surface area contributed by atoms with E-state index in [1.165, 1.54) is 50.9 Å². The fourth-order valence-corrected chi connectivity index (χ4v) is 3.08. The highest BCUT2D eigenvalue weighted by Gasteiger charge is 2.43. The van der Waals surface area contributed by atoms with Gasteiger partial charge in [0.1, 0.15) is 0 Å². The summed E-state index contributed by atoms with van der Waals surface area (Å²) in [6.07, 6.45) is 5.50. The quantitative estimate of drug-likeness (QED) is 0.773. The standard InChI is InChI=1S/C16H24N2/c1-2-6-15(7-3-1)16(8-9-16)14-17-10-13-18-11-4-5-12-18/h1-3,6-7,17H,4-5,8-14H2. The van der Waals surface area contributed by atoms with Gasteiger partial charge in [-0.05, 0) is 44.3 Å². The summed E-state index contributed by atoms with van der Waals surface area (Å²) in [5, 5.41) is 3.67. The Morgan fingerprint density at radius 2 is 1.78 bits per heavy atom. The van der Waals surface area contributed by atoms with Crippen LogP contribution in [0.25, 0.3) is 0 Å². The molecule has 2 aliphatic rings. The van der Waals surface area contributed by atoms with Crippen LogP contribution in [0.4, 0.5) is 0 Å². The van der Waals surface area contributed by atoms with Crippen LogP contribution in [0.1, 0.15) is 31.2 Å². The fourth-order valence-electron chi connectivity index (χ4n) is 3.08. The normalized spacial score (nSPS) is 22.2. The van der Waals surface area contributed by atoms with Crippen molar-refractivity contribution in [3.63, 3.8) is 0 Å². The number of hydrogen-bond donors (Lipinski definition) is 1. The van der Waals surface area contributed by atoms with Gasteiger partial charge in [0.15, 0.2) is 0 Å². The highest BCUT2D eigenvalue weighted by atomic mass is 15.1. The van der Waals surface area contributed by atoms with Gasteiger partial charge in [-0.3, -0.25) is 0 Å². The molecule has 2 heteroatoms. The molecule has 1 aliphatic heterocycles. The van der Waals surface area contributed by atoms with Crippen molar-refractivity contribution in [2.24, 2.45) is 0 Å². The second kappa shape index (κ2) is 5.41. The van der Waals surface area contributed by atoms with Crippen molar-refractivity contribution >= 4 is 0 Å². The first-order chi connectivity index (χ1) is 8.89. The molecule has 1 aromatic rings. The maximum atomic E-state index is 3.67. The molecule has 1 heterocycles. The molecule has 0 amide bonds. The predicted molar refractivity (Wildman–Crippen MR) is 75.9 cm³/mol. The van der Waals surface area contributed by atoms with Gasteiger partial charge in [0, 0.05) is 25.0 Å². The van der Waals surface area contributed by atoms with Crippen molar-refractivity contribution in [2.75, 3.05) is 32.7 Å². The van der Waals surface area contributed by atoms with Crippen LogP contribution in [0.3, 0.4) is 0 Å². The zero-order valence-electron chi connectivity index (χ0n) is 11.2. The van der Waals surface area contributed by atoms with Gasteiger partial charge in [0.05, 0.1) is 0 Å². The summed E-state index contributed by atoms with van der Waals surface area (Å²) in [6.45, 7) is 6.15. The fraction of sp³-hybridized carbons (Fsp3) is 0.625. The van der Waals surface area contributed by atoms with Gasteiger partial charge in [-0.25, -0.2) is 0 Å². The Morgan fingerprint density at radius 3 is 2.44 bits per heavy atom. The lowest BCUT2D eigenvalue weighted by atomic mass is 9.96. The zero-order valence-corrected chi connectivity index (χ0v) is 11.2. The van der Waals surface area contributed by atoms with Crippen LogP contribution in [-0.2, 0) is 5.41 Å². The summed E-state index contributed by atoms with van der Waals surface area (Å²) in [6, 6.07) is 11.0. The van der Waals surface area contributed by atoms with Crippen molar-refractivity contribution < 1.29 is 0 Å². The molecular formula is C16H24N2. The molecule has 3 rings (SSSR count). The Balaban J connectivity index is 1.43. The summed E-state index contributed by atoms with van der Waals surface area (Å²) in [5.41, 5.74) is 1.99. The van der Waals surface area contributed by atoms with Gasteiger partial charge in [-0.15, -0.1) is 0 Å². The number of hydrogen-bond acceptors (Lipinski definition) is 2. The van der Waals surface area contributed by atoms with E-state index in [1.54, 1.807) is 0 Å². The molecule has 0 aromatic heterocycles. The maximum Gasteiger partial charge on any atom is 0.0107 e. The average Bonchev–Trinajstić information content (AvgIpc) is 3.03. The monoisotopic (exact) mass is 244 g/mol. The van der Waals surface area contributed by atoms with Gasteiger partial charge in [0.25, 0.3) is 0 Å². The van der Waals surface area contributed by atoms with Crippen molar-refractivity contribution in [2.45, 2.75) is 31.1 Å². The molecule has 1 saturated carbocycles. The molecule has 1 N–H and O–H groups in total. The van der Waals surface area contributed by atoms with Crippen LogP contribution in [0.5, 0.6) is 0 Å². The van der Waals surface area contributed by atoms with Gasteiger partial charge in [0.2, 0.25) is 0 Å². The van der Waals surface area contributed by atoms with Crippen LogP contribution < -0.4 is 5.32 Å². The first-order valence-electron chi connectivity index (χ1n) is 7.38. The molecule has 1 aliphatic carbocycles. The summed E-state index contributed by atoms with van der Waals surface area (Å²) in [4.78, 5) is 2.58. The molecule has 1 saturated heterocycles. The Kier molecular flexibility index (Phi) is 3.67. The van der Waals surface area contributed by atoms with E-state index in [9.17, 15) is 0 Å². The second-order valence-electron chi connectivity index (χ2n) is 5.87. The highest BCUT2D eigenvalue weighted by Crippen LogP contribution is 2.47. The number of likely N-dealkylation sites (tertiary alicyclic amines) is 1. The smallest absolute Gasteiger partial charge is 0.0107 e. The van der Waals surface area contributed by atoms with Gasteiger partial charge < -0.3 is 10.2 Å². The molecule has 0 bridgehead atoms. The van der Waals surface area contributed by atoms with Crippen LogP contribution in [0.15, 0.2) is 30.3 Å². The van der Waals surface area contributed by atoms with E-state index in [0.29, 0.717) is 5.41 Å². The van der Waals surface area contributed by atoms with Crippen molar-refractivity contribution in [3.8, 4) is 0 Å². The predicted octanol–water partition coefficient (Wildman–Crippen LogP) is 2.40. The lowest BCUT2D eigenvalue weighted by Gasteiger charge is -2.19. The summed E-state index contributed by atoms with van der Waals surface area (Å²) >= 11 is 0.